The van der Waals surface area contributed by atoms with Crippen LogP contribution in [-0.2, 0) is 16.6 Å². The summed E-state index contributed by atoms with van der Waals surface area (Å²) in [4.78, 5) is 2.26. The van der Waals surface area contributed by atoms with Gasteiger partial charge >= 0.3 is 0 Å². The Morgan fingerprint density at radius 2 is 1.76 bits per heavy atom. The molecule has 0 aliphatic heterocycles. The molecule has 2 rings (SSSR count). The molecular weight excluding hydrogens is 354 g/mol. The molecule has 0 bridgehead atoms. The third-order valence-corrected chi connectivity index (χ3v) is 5.92. The Morgan fingerprint density at radius 1 is 1.08 bits per heavy atom. The van der Waals surface area contributed by atoms with Crippen molar-refractivity contribution < 1.29 is 8.42 Å². The summed E-state index contributed by atoms with van der Waals surface area (Å²) in [5, 5.41) is 3.70. The molecule has 7 heteroatoms. The lowest BCUT2D eigenvalue weighted by Gasteiger charge is -2.24. The third kappa shape index (κ3) is 5.01. The highest BCUT2D eigenvalue weighted by molar-refractivity contribution is 7.89. The SMILES string of the molecule is CCN(Cc1ccccc1)C(=S)Nc1cccc(S(=O)(=O)N(C)C)c1. The van der Waals surface area contributed by atoms with Gasteiger partial charge in [0.1, 0.15) is 0 Å². The number of rotatable bonds is 6. The second kappa shape index (κ2) is 8.42. The van der Waals surface area contributed by atoms with Crippen molar-refractivity contribution in [3.05, 3.63) is 60.2 Å². The Morgan fingerprint density at radius 3 is 2.36 bits per heavy atom. The third-order valence-electron chi connectivity index (χ3n) is 3.75. The molecule has 0 aromatic heterocycles. The van der Waals surface area contributed by atoms with Gasteiger partial charge in [0.2, 0.25) is 10.0 Å². The highest BCUT2D eigenvalue weighted by atomic mass is 32.2. The fourth-order valence-electron chi connectivity index (χ4n) is 2.28. The fraction of sp³-hybridized carbons (Fsp3) is 0.278. The summed E-state index contributed by atoms with van der Waals surface area (Å²) in [6.07, 6.45) is 0. The Hall–Kier alpha value is -1.96. The van der Waals surface area contributed by atoms with E-state index < -0.39 is 10.0 Å². The van der Waals surface area contributed by atoms with Crippen LogP contribution in [0.4, 0.5) is 5.69 Å². The van der Waals surface area contributed by atoms with Crippen LogP contribution in [0.3, 0.4) is 0 Å². The van der Waals surface area contributed by atoms with Crippen LogP contribution in [0.15, 0.2) is 59.5 Å². The van der Waals surface area contributed by atoms with E-state index in [1.165, 1.54) is 18.4 Å². The van der Waals surface area contributed by atoms with Crippen molar-refractivity contribution in [2.45, 2.75) is 18.4 Å². The Labute approximate surface area is 155 Å². The first kappa shape index (κ1) is 19.4. The van der Waals surface area contributed by atoms with Crippen LogP contribution in [0.1, 0.15) is 12.5 Å². The molecule has 0 unspecified atom stereocenters. The maximum absolute atomic E-state index is 12.3. The number of sulfonamides is 1. The molecule has 1 N–H and O–H groups in total. The van der Waals surface area contributed by atoms with Crippen LogP contribution in [0, 0.1) is 0 Å². The van der Waals surface area contributed by atoms with Crippen molar-refractivity contribution in [3.8, 4) is 0 Å². The van der Waals surface area contributed by atoms with Gasteiger partial charge in [0, 0.05) is 32.9 Å². The summed E-state index contributed by atoms with van der Waals surface area (Å²) in [7, 11) is -0.448. The number of thiocarbonyl (C=S) groups is 1. The van der Waals surface area contributed by atoms with E-state index in [1.807, 2.05) is 30.0 Å². The number of hydrogen-bond acceptors (Lipinski definition) is 3. The van der Waals surface area contributed by atoms with Crippen molar-refractivity contribution >= 4 is 33.0 Å². The van der Waals surface area contributed by atoms with E-state index in [0.29, 0.717) is 17.3 Å². The lowest BCUT2D eigenvalue weighted by Crippen LogP contribution is -2.34. The lowest BCUT2D eigenvalue weighted by atomic mass is 10.2. The standard InChI is InChI=1S/C18H23N3O2S2/c1-4-21(14-15-9-6-5-7-10-15)18(24)19-16-11-8-12-17(13-16)25(22,23)20(2)3/h5-13H,4,14H2,1-3H3,(H,19,24). The zero-order valence-corrected chi connectivity index (χ0v) is 16.3. The highest BCUT2D eigenvalue weighted by Crippen LogP contribution is 2.18. The zero-order valence-electron chi connectivity index (χ0n) is 14.6. The second-order valence-corrected chi connectivity index (χ2v) is 8.28. The van der Waals surface area contributed by atoms with Crippen molar-refractivity contribution in [2.75, 3.05) is 26.0 Å². The lowest BCUT2D eigenvalue weighted by molar-refractivity contribution is 0.442. The Kier molecular flexibility index (Phi) is 6.52. The molecule has 0 aliphatic carbocycles. The van der Waals surface area contributed by atoms with Crippen LogP contribution in [-0.4, -0.2) is 43.4 Å². The Bertz CT molecular complexity index is 821. The van der Waals surface area contributed by atoms with Gasteiger partial charge in [0.25, 0.3) is 0 Å². The fourth-order valence-corrected chi connectivity index (χ4v) is 3.54. The van der Waals surface area contributed by atoms with E-state index in [4.69, 9.17) is 12.2 Å². The van der Waals surface area contributed by atoms with Gasteiger partial charge in [0.05, 0.1) is 4.90 Å². The van der Waals surface area contributed by atoms with E-state index in [0.717, 1.165) is 12.1 Å². The molecule has 0 spiro atoms. The summed E-state index contributed by atoms with van der Waals surface area (Å²) in [5.74, 6) is 0. The molecule has 134 valence electrons. The smallest absolute Gasteiger partial charge is 0.242 e. The minimum absolute atomic E-state index is 0.233. The van der Waals surface area contributed by atoms with E-state index in [-0.39, 0.29) is 4.90 Å². The van der Waals surface area contributed by atoms with E-state index >= 15 is 0 Å². The van der Waals surface area contributed by atoms with Crippen molar-refractivity contribution in [2.24, 2.45) is 0 Å². The number of anilines is 1. The first-order valence-electron chi connectivity index (χ1n) is 7.97. The number of nitrogens with one attached hydrogen (secondary N) is 1. The van der Waals surface area contributed by atoms with Crippen molar-refractivity contribution in [1.82, 2.24) is 9.21 Å². The largest absolute Gasteiger partial charge is 0.345 e. The van der Waals surface area contributed by atoms with Gasteiger partial charge in [-0.05, 0) is 42.9 Å². The predicted molar refractivity (Wildman–Crippen MR) is 106 cm³/mol. The van der Waals surface area contributed by atoms with Crippen LogP contribution >= 0.6 is 12.2 Å². The van der Waals surface area contributed by atoms with Gasteiger partial charge in [-0.1, -0.05) is 36.4 Å². The molecule has 0 atom stereocenters. The predicted octanol–water partition coefficient (Wildman–Crippen LogP) is 3.16. The van der Waals surface area contributed by atoms with Gasteiger partial charge in [-0.25, -0.2) is 12.7 Å². The molecular formula is C18H23N3O2S2. The first-order valence-corrected chi connectivity index (χ1v) is 9.82. The minimum Gasteiger partial charge on any atom is -0.345 e. The van der Waals surface area contributed by atoms with Crippen molar-refractivity contribution in [3.63, 3.8) is 0 Å². The van der Waals surface area contributed by atoms with E-state index in [1.54, 1.807) is 24.3 Å². The van der Waals surface area contributed by atoms with Gasteiger partial charge in [0.15, 0.2) is 5.11 Å². The number of benzene rings is 2. The molecule has 0 heterocycles. The summed E-state index contributed by atoms with van der Waals surface area (Å²) in [6, 6.07) is 16.7. The van der Waals surface area contributed by atoms with Gasteiger partial charge < -0.3 is 10.2 Å². The molecule has 0 aliphatic rings. The van der Waals surface area contributed by atoms with Crippen LogP contribution in [0.2, 0.25) is 0 Å². The summed E-state index contributed by atoms with van der Waals surface area (Å²) in [6.45, 7) is 3.47. The summed E-state index contributed by atoms with van der Waals surface area (Å²) >= 11 is 5.50. The molecule has 0 radical (unpaired) electrons. The molecule has 0 amide bonds. The zero-order chi connectivity index (χ0) is 18.4. The molecule has 2 aromatic carbocycles. The summed E-state index contributed by atoms with van der Waals surface area (Å²) < 4.78 is 25.7. The van der Waals surface area contributed by atoms with Gasteiger partial charge in [-0.15, -0.1) is 0 Å². The topological polar surface area (TPSA) is 52.7 Å². The highest BCUT2D eigenvalue weighted by Gasteiger charge is 2.17. The second-order valence-electron chi connectivity index (χ2n) is 5.75. The van der Waals surface area contributed by atoms with Crippen LogP contribution in [0.25, 0.3) is 0 Å². The van der Waals surface area contributed by atoms with Crippen molar-refractivity contribution in [1.29, 1.82) is 0 Å². The maximum atomic E-state index is 12.3. The van der Waals surface area contributed by atoms with Crippen LogP contribution in [0.5, 0.6) is 0 Å². The molecule has 0 fully saturated rings. The van der Waals surface area contributed by atoms with Gasteiger partial charge in [-0.3, -0.25) is 0 Å². The van der Waals surface area contributed by atoms with E-state index in [2.05, 4.69) is 17.4 Å². The maximum Gasteiger partial charge on any atom is 0.242 e. The summed E-state index contributed by atoms with van der Waals surface area (Å²) in [5.41, 5.74) is 1.82. The molecule has 0 saturated carbocycles. The monoisotopic (exact) mass is 377 g/mol. The quantitative estimate of drug-likeness (QED) is 0.784. The number of nitrogens with zero attached hydrogens (tertiary/aromatic N) is 2. The molecule has 25 heavy (non-hydrogen) atoms. The first-order chi connectivity index (χ1) is 11.8. The normalized spacial score (nSPS) is 11.4. The average Bonchev–Trinajstić information content (AvgIpc) is 2.60. The Balaban J connectivity index is 2.14. The van der Waals surface area contributed by atoms with E-state index in [9.17, 15) is 8.42 Å². The molecule has 2 aromatic rings. The number of hydrogen-bond donors (Lipinski definition) is 1. The molecule has 0 saturated heterocycles. The minimum atomic E-state index is -3.47. The average molecular weight is 378 g/mol. The molecule has 5 nitrogen and oxygen atoms in total. The van der Waals surface area contributed by atoms with Gasteiger partial charge in [-0.2, -0.15) is 0 Å². The van der Waals surface area contributed by atoms with Crippen LogP contribution < -0.4 is 5.32 Å².